The van der Waals surface area contributed by atoms with Crippen LogP contribution in [0.15, 0.2) is 54.6 Å². The van der Waals surface area contributed by atoms with Crippen LogP contribution in [-0.4, -0.2) is 103 Å². The maximum absolute atomic E-state index is 12.8. The summed E-state index contributed by atoms with van der Waals surface area (Å²) in [4.78, 5) is 63.3. The standard InChI is InChI=1S/C53H74O13/c1-6-7-8-9-38-10-14-40(15-11-38)41-16-12-39(13-17-41)31-61-45-22-18-42(19-23-45)43-21-25-49(44(30-43)20-24-46-32-62-46)63-33-53(34-64-50(56)37(2)3,35-65-51(57)47(54)26-28-59-4)36-66-52(58)48(55)27-29-60-5/h18-19,21-23,25,30,38-41,46H,2,6-17,20,24,26-29,31-36H2,1,3-5H3. The summed E-state index contributed by atoms with van der Waals surface area (Å²) in [6.45, 7) is 6.90. The average Bonchev–Trinajstić information content (AvgIpc) is 4.18. The van der Waals surface area contributed by atoms with Crippen molar-refractivity contribution in [3.05, 3.63) is 60.2 Å². The topological polar surface area (TPSA) is 162 Å². The molecule has 0 spiro atoms. The smallest absolute Gasteiger partial charge is 0.374 e. The summed E-state index contributed by atoms with van der Waals surface area (Å²) in [5.41, 5.74) is 1.36. The Bertz CT molecular complexity index is 1830. The Morgan fingerprint density at radius 1 is 0.667 bits per heavy atom. The molecule has 0 aromatic heterocycles. The molecule has 5 rings (SSSR count). The lowest BCUT2D eigenvalue weighted by Crippen LogP contribution is -2.45. The average molecular weight is 919 g/mol. The van der Waals surface area contributed by atoms with E-state index in [1.54, 1.807) is 0 Å². The number of Topliss-reactive ketones (excluding diaryl/α,β-unsaturated/α-hetero) is 2. The molecule has 1 heterocycles. The van der Waals surface area contributed by atoms with Crippen molar-refractivity contribution in [1.82, 2.24) is 0 Å². The number of rotatable bonds is 30. The molecule has 0 amide bonds. The van der Waals surface area contributed by atoms with Gasteiger partial charge in [0, 0.05) is 32.6 Å². The molecule has 2 saturated carbocycles. The molecule has 0 N–H and O–H groups in total. The van der Waals surface area contributed by atoms with Gasteiger partial charge in [-0.05, 0) is 123 Å². The minimum atomic E-state index is -1.56. The van der Waals surface area contributed by atoms with Gasteiger partial charge >= 0.3 is 17.9 Å². The van der Waals surface area contributed by atoms with Crippen molar-refractivity contribution in [1.29, 1.82) is 0 Å². The van der Waals surface area contributed by atoms with Crippen LogP contribution in [0.1, 0.15) is 116 Å². The molecule has 364 valence electrons. The van der Waals surface area contributed by atoms with Gasteiger partial charge in [-0.25, -0.2) is 14.4 Å². The second-order valence-corrected chi connectivity index (χ2v) is 18.8. The van der Waals surface area contributed by atoms with Crippen LogP contribution in [0.3, 0.4) is 0 Å². The number of benzene rings is 2. The van der Waals surface area contributed by atoms with Gasteiger partial charge in [-0.2, -0.15) is 0 Å². The third-order valence-electron chi connectivity index (χ3n) is 13.5. The first-order valence-corrected chi connectivity index (χ1v) is 24.2. The number of unbranched alkanes of at least 4 members (excludes halogenated alkanes) is 2. The molecular weight excluding hydrogens is 845 g/mol. The number of aryl methyl sites for hydroxylation is 1. The van der Waals surface area contributed by atoms with Crippen molar-refractivity contribution in [3.8, 4) is 22.6 Å². The molecule has 0 bridgehead atoms. The van der Waals surface area contributed by atoms with Crippen LogP contribution in [0.5, 0.6) is 11.5 Å². The van der Waals surface area contributed by atoms with Crippen molar-refractivity contribution in [3.63, 3.8) is 0 Å². The van der Waals surface area contributed by atoms with Crippen LogP contribution >= 0.6 is 0 Å². The van der Waals surface area contributed by atoms with Crippen molar-refractivity contribution in [2.24, 2.45) is 29.1 Å². The lowest BCUT2D eigenvalue weighted by Gasteiger charge is -2.38. The normalized spacial score (nSPS) is 20.5. The van der Waals surface area contributed by atoms with E-state index in [-0.39, 0.29) is 44.3 Å². The zero-order valence-electron chi connectivity index (χ0n) is 39.9. The molecule has 2 aromatic carbocycles. The molecule has 13 heteroatoms. The van der Waals surface area contributed by atoms with Gasteiger partial charge in [-0.3, -0.25) is 9.59 Å². The highest BCUT2D eigenvalue weighted by Crippen LogP contribution is 2.42. The largest absolute Gasteiger partial charge is 0.493 e. The molecule has 2 aliphatic carbocycles. The van der Waals surface area contributed by atoms with E-state index in [0.717, 1.165) is 53.2 Å². The zero-order valence-corrected chi connectivity index (χ0v) is 39.9. The van der Waals surface area contributed by atoms with Gasteiger partial charge in [0.1, 0.15) is 43.3 Å². The van der Waals surface area contributed by atoms with Crippen LogP contribution in [0, 0.1) is 29.1 Å². The Hall–Kier alpha value is -4.59. The number of hydrogen-bond acceptors (Lipinski definition) is 13. The lowest BCUT2D eigenvalue weighted by molar-refractivity contribution is -0.169. The number of epoxide rings is 1. The first kappa shape index (κ1) is 52.4. The first-order valence-electron chi connectivity index (χ1n) is 24.2. The minimum Gasteiger partial charge on any atom is -0.493 e. The Labute approximate surface area is 391 Å². The third-order valence-corrected chi connectivity index (χ3v) is 13.5. The van der Waals surface area contributed by atoms with Crippen LogP contribution < -0.4 is 9.47 Å². The number of hydrogen-bond donors (Lipinski definition) is 0. The number of methoxy groups -OCH3 is 2. The maximum atomic E-state index is 12.8. The Balaban J connectivity index is 1.24. The van der Waals surface area contributed by atoms with E-state index in [9.17, 15) is 24.0 Å². The summed E-state index contributed by atoms with van der Waals surface area (Å²) in [5, 5.41) is 0. The highest BCUT2D eigenvalue weighted by atomic mass is 16.6. The Kier molecular flexibility index (Phi) is 21.6. The monoisotopic (exact) mass is 919 g/mol. The lowest BCUT2D eigenvalue weighted by atomic mass is 9.69. The Morgan fingerprint density at radius 2 is 1.21 bits per heavy atom. The zero-order chi connectivity index (χ0) is 47.3. The molecule has 3 aliphatic rings. The molecule has 1 aliphatic heterocycles. The number of esters is 3. The summed E-state index contributed by atoms with van der Waals surface area (Å²) in [6, 6.07) is 14.0. The molecule has 1 unspecified atom stereocenters. The molecular formula is C53H74O13. The van der Waals surface area contributed by atoms with Gasteiger partial charge in [-0.15, -0.1) is 0 Å². The minimum absolute atomic E-state index is 0.00295. The predicted molar refractivity (Wildman–Crippen MR) is 249 cm³/mol. The summed E-state index contributed by atoms with van der Waals surface area (Å²) in [5.74, 6) is -0.0595. The molecule has 2 aromatic rings. The SMILES string of the molecule is C=C(C)C(=O)OCC(COC(=O)C(=O)CCOC)(COC(=O)C(=O)CCOC)COc1ccc(-c2ccc(OCC3CCC(C4CCC(CCCCC)CC4)CC3)cc2)cc1CCC1CO1. The predicted octanol–water partition coefficient (Wildman–Crippen LogP) is 9.04. The second kappa shape index (κ2) is 27.3. The number of ether oxygens (including phenoxy) is 8. The van der Waals surface area contributed by atoms with Gasteiger partial charge < -0.3 is 37.9 Å². The van der Waals surface area contributed by atoms with Crippen molar-refractivity contribution in [2.75, 3.05) is 67.1 Å². The number of carbonyl (C=O) groups excluding carboxylic acids is 5. The van der Waals surface area contributed by atoms with Crippen LogP contribution in [0.25, 0.3) is 11.1 Å². The van der Waals surface area contributed by atoms with Crippen LogP contribution in [-0.2, 0) is 58.8 Å². The van der Waals surface area contributed by atoms with Crippen molar-refractivity contribution >= 4 is 29.5 Å². The summed E-state index contributed by atoms with van der Waals surface area (Å²) in [6.07, 6.45) is 17.4. The highest BCUT2D eigenvalue weighted by Gasteiger charge is 2.39. The van der Waals surface area contributed by atoms with Gasteiger partial charge in [0.05, 0.1) is 32.5 Å². The van der Waals surface area contributed by atoms with E-state index >= 15 is 0 Å². The fraction of sp³-hybridized carbons (Fsp3) is 0.642. The first-order chi connectivity index (χ1) is 31.9. The van der Waals surface area contributed by atoms with Crippen LogP contribution in [0.2, 0.25) is 0 Å². The fourth-order valence-electron chi connectivity index (χ4n) is 9.08. The Morgan fingerprint density at radius 3 is 1.74 bits per heavy atom. The van der Waals surface area contributed by atoms with Gasteiger partial charge in [-0.1, -0.05) is 70.2 Å². The summed E-state index contributed by atoms with van der Waals surface area (Å²) in [7, 11) is 2.79. The van der Waals surface area contributed by atoms with E-state index in [1.807, 2.05) is 24.3 Å². The van der Waals surface area contributed by atoms with E-state index < -0.39 is 54.7 Å². The van der Waals surface area contributed by atoms with Gasteiger partial charge in [0.2, 0.25) is 11.6 Å². The molecule has 3 fully saturated rings. The quantitative estimate of drug-likeness (QED) is 0.0182. The third kappa shape index (κ3) is 17.2. The van der Waals surface area contributed by atoms with Crippen molar-refractivity contribution in [2.45, 2.75) is 123 Å². The van der Waals surface area contributed by atoms with Gasteiger partial charge in [0.25, 0.3) is 0 Å². The fourth-order valence-corrected chi connectivity index (χ4v) is 9.08. The van der Waals surface area contributed by atoms with Crippen LogP contribution in [0.4, 0.5) is 0 Å². The van der Waals surface area contributed by atoms with Gasteiger partial charge in [0.15, 0.2) is 0 Å². The summed E-state index contributed by atoms with van der Waals surface area (Å²) < 4.78 is 44.6. The van der Waals surface area contributed by atoms with E-state index in [2.05, 4.69) is 31.7 Å². The molecule has 13 nitrogen and oxygen atoms in total. The van der Waals surface area contributed by atoms with E-state index in [4.69, 9.17) is 37.9 Å². The van der Waals surface area contributed by atoms with E-state index in [1.165, 1.54) is 98.2 Å². The number of ketones is 2. The summed E-state index contributed by atoms with van der Waals surface area (Å²) >= 11 is 0. The number of carbonyl (C=O) groups is 5. The molecule has 0 radical (unpaired) electrons. The second-order valence-electron chi connectivity index (χ2n) is 18.8. The molecule has 66 heavy (non-hydrogen) atoms. The highest BCUT2D eigenvalue weighted by molar-refractivity contribution is 6.34. The van der Waals surface area contributed by atoms with Crippen molar-refractivity contribution < 1.29 is 61.9 Å². The molecule has 1 saturated heterocycles. The molecule has 1 atom stereocenters. The maximum Gasteiger partial charge on any atom is 0.374 e. The van der Waals surface area contributed by atoms with E-state index in [0.29, 0.717) is 24.7 Å².